The lowest BCUT2D eigenvalue weighted by molar-refractivity contribution is 0.0789. The summed E-state index contributed by atoms with van der Waals surface area (Å²) in [5, 5.41) is 4.33. The number of nitrogens with one attached hydrogen (secondary N) is 1. The van der Waals surface area contributed by atoms with Crippen molar-refractivity contribution in [1.82, 2.24) is 14.9 Å². The van der Waals surface area contributed by atoms with E-state index >= 15 is 0 Å². The Hall–Kier alpha value is -2.51. The van der Waals surface area contributed by atoms with Gasteiger partial charge in [-0.25, -0.2) is 9.97 Å². The second-order valence-corrected chi connectivity index (χ2v) is 8.12. The van der Waals surface area contributed by atoms with Crippen LogP contribution in [0.1, 0.15) is 33.6 Å². The van der Waals surface area contributed by atoms with Crippen LogP contribution >= 0.6 is 11.3 Å². The Bertz CT molecular complexity index is 967. The predicted octanol–water partition coefficient (Wildman–Crippen LogP) is 3.86. The van der Waals surface area contributed by atoms with Crippen molar-refractivity contribution in [2.75, 3.05) is 25.5 Å². The zero-order valence-corrected chi connectivity index (χ0v) is 17.0. The van der Waals surface area contributed by atoms with Gasteiger partial charge in [-0.3, -0.25) is 4.79 Å². The first-order valence-electron chi connectivity index (χ1n) is 9.52. The molecule has 0 bridgehead atoms. The number of thiophene rings is 1. The molecule has 0 saturated carbocycles. The van der Waals surface area contributed by atoms with Crippen molar-refractivity contribution in [1.29, 1.82) is 0 Å². The van der Waals surface area contributed by atoms with Crippen LogP contribution in [0.3, 0.4) is 0 Å². The minimum Gasteiger partial charge on any atom is -0.376 e. The highest BCUT2D eigenvalue weighted by Gasteiger charge is 2.23. The largest absolute Gasteiger partial charge is 0.376 e. The van der Waals surface area contributed by atoms with E-state index in [0.29, 0.717) is 11.4 Å². The Kier molecular flexibility index (Phi) is 5.54. The molecule has 0 spiro atoms. The number of ether oxygens (including phenoxy) is 1. The monoisotopic (exact) mass is 396 g/mol. The number of nitrogens with zero attached hydrogens (tertiary/aromatic N) is 3. The average Bonchev–Trinajstić information content (AvgIpc) is 3.35. The Balaban J connectivity index is 1.56. The first-order valence-corrected chi connectivity index (χ1v) is 10.3. The summed E-state index contributed by atoms with van der Waals surface area (Å²) in [6.07, 6.45) is 3.95. The second-order valence-electron chi connectivity index (χ2n) is 7.12. The number of fused-ring (bicyclic) bond motifs is 1. The Morgan fingerprint density at radius 2 is 2.14 bits per heavy atom. The molecule has 2 aromatic heterocycles. The number of carbonyl (C=O) groups is 1. The molecule has 0 radical (unpaired) electrons. The molecule has 1 fully saturated rings. The molecule has 146 valence electrons. The maximum absolute atomic E-state index is 13.1. The zero-order chi connectivity index (χ0) is 19.5. The molecule has 28 heavy (non-hydrogen) atoms. The quantitative estimate of drug-likeness (QED) is 0.685. The van der Waals surface area contributed by atoms with Gasteiger partial charge in [0.05, 0.1) is 16.4 Å². The summed E-state index contributed by atoms with van der Waals surface area (Å²) >= 11 is 1.43. The van der Waals surface area contributed by atoms with Gasteiger partial charge in [0.15, 0.2) is 0 Å². The van der Waals surface area contributed by atoms with Crippen molar-refractivity contribution >= 4 is 33.3 Å². The number of hydrogen-bond donors (Lipinski definition) is 1. The lowest BCUT2D eigenvalue weighted by Crippen LogP contribution is -2.25. The van der Waals surface area contributed by atoms with Crippen LogP contribution in [0.15, 0.2) is 36.7 Å². The van der Waals surface area contributed by atoms with Gasteiger partial charge in [0.25, 0.3) is 5.91 Å². The van der Waals surface area contributed by atoms with Crippen LogP contribution in [0.25, 0.3) is 10.2 Å². The van der Waals surface area contributed by atoms with E-state index < -0.39 is 0 Å². The van der Waals surface area contributed by atoms with E-state index in [1.807, 2.05) is 44.3 Å². The summed E-state index contributed by atoms with van der Waals surface area (Å²) in [5.74, 6) is 0.786. The fourth-order valence-corrected chi connectivity index (χ4v) is 4.67. The predicted molar refractivity (Wildman–Crippen MR) is 112 cm³/mol. The molecule has 1 aliphatic heterocycles. The molecule has 1 amide bonds. The van der Waals surface area contributed by atoms with E-state index in [4.69, 9.17) is 4.74 Å². The fourth-order valence-electron chi connectivity index (χ4n) is 3.53. The number of rotatable bonds is 6. The van der Waals surface area contributed by atoms with Crippen LogP contribution in [-0.2, 0) is 11.3 Å². The molecule has 1 atom stereocenters. The highest BCUT2D eigenvalue weighted by molar-refractivity contribution is 7.20. The average molecular weight is 397 g/mol. The molecule has 4 rings (SSSR count). The molecule has 1 saturated heterocycles. The summed E-state index contributed by atoms with van der Waals surface area (Å²) in [6, 6.07) is 10.0. The topological polar surface area (TPSA) is 67.4 Å². The molecule has 1 aromatic carbocycles. The minimum absolute atomic E-state index is 0.00873. The summed E-state index contributed by atoms with van der Waals surface area (Å²) < 4.78 is 5.68. The normalized spacial score (nSPS) is 16.4. The van der Waals surface area contributed by atoms with Crippen molar-refractivity contribution in [2.45, 2.75) is 32.4 Å². The number of amides is 1. The highest BCUT2D eigenvalue weighted by Crippen LogP contribution is 2.34. The number of aryl methyl sites for hydroxylation is 1. The van der Waals surface area contributed by atoms with E-state index in [1.165, 1.54) is 11.3 Å². The van der Waals surface area contributed by atoms with Crippen molar-refractivity contribution in [2.24, 2.45) is 0 Å². The molecular formula is C21H24N4O2S. The molecule has 1 aliphatic rings. The highest BCUT2D eigenvalue weighted by atomic mass is 32.1. The molecule has 1 N–H and O–H groups in total. The van der Waals surface area contributed by atoms with E-state index in [0.717, 1.165) is 53.2 Å². The van der Waals surface area contributed by atoms with Crippen LogP contribution in [0.4, 0.5) is 5.82 Å². The van der Waals surface area contributed by atoms with E-state index in [9.17, 15) is 4.79 Å². The minimum atomic E-state index is 0.00873. The number of aromatic nitrogens is 2. The lowest BCUT2D eigenvalue weighted by Gasteiger charge is -2.17. The van der Waals surface area contributed by atoms with Gasteiger partial charge in [-0.05, 0) is 30.9 Å². The molecule has 7 heteroatoms. The van der Waals surface area contributed by atoms with Crippen molar-refractivity contribution in [3.8, 4) is 0 Å². The van der Waals surface area contributed by atoms with Crippen molar-refractivity contribution < 1.29 is 9.53 Å². The SMILES string of the molecule is Cc1c(C(=O)N(C)Cc2ccccc2)sc2ncnc(NCC3CCCO3)c12. The van der Waals surface area contributed by atoms with Gasteiger partial charge in [-0.15, -0.1) is 11.3 Å². The molecule has 3 aromatic rings. The van der Waals surface area contributed by atoms with Crippen LogP contribution in [-0.4, -0.2) is 47.1 Å². The summed E-state index contributed by atoms with van der Waals surface area (Å²) in [7, 11) is 1.83. The van der Waals surface area contributed by atoms with Gasteiger partial charge in [0.2, 0.25) is 0 Å². The number of carbonyl (C=O) groups excluding carboxylic acids is 1. The van der Waals surface area contributed by atoms with Gasteiger partial charge in [-0.1, -0.05) is 30.3 Å². The van der Waals surface area contributed by atoms with Crippen LogP contribution in [0.5, 0.6) is 0 Å². The lowest BCUT2D eigenvalue weighted by atomic mass is 10.1. The Labute approximate surface area is 168 Å². The third-order valence-electron chi connectivity index (χ3n) is 5.05. The van der Waals surface area contributed by atoms with E-state index in [1.54, 1.807) is 11.2 Å². The first kappa shape index (κ1) is 18.8. The summed E-state index contributed by atoms with van der Waals surface area (Å²) in [4.78, 5) is 25.2. The third kappa shape index (κ3) is 3.86. The van der Waals surface area contributed by atoms with Crippen LogP contribution in [0, 0.1) is 6.92 Å². The standard InChI is InChI=1S/C21H24N4O2S/c1-14-17-19(22-11-16-9-6-10-27-16)23-13-24-20(17)28-18(14)21(26)25(2)12-15-7-4-3-5-8-15/h3-5,7-8,13,16H,6,9-12H2,1-2H3,(H,22,23,24). The third-order valence-corrected chi connectivity index (χ3v) is 6.24. The maximum atomic E-state index is 13.1. The van der Waals surface area contributed by atoms with Gasteiger partial charge in [0, 0.05) is 26.7 Å². The Morgan fingerprint density at radius 3 is 2.89 bits per heavy atom. The Morgan fingerprint density at radius 1 is 1.32 bits per heavy atom. The summed E-state index contributed by atoms with van der Waals surface area (Å²) in [6.45, 7) is 4.10. The zero-order valence-electron chi connectivity index (χ0n) is 16.1. The molecule has 6 nitrogen and oxygen atoms in total. The maximum Gasteiger partial charge on any atom is 0.264 e. The first-order chi connectivity index (χ1) is 13.6. The second kappa shape index (κ2) is 8.24. The van der Waals surface area contributed by atoms with Crippen LogP contribution < -0.4 is 5.32 Å². The number of hydrogen-bond acceptors (Lipinski definition) is 6. The number of anilines is 1. The molecule has 3 heterocycles. The van der Waals surface area contributed by atoms with Crippen LogP contribution in [0.2, 0.25) is 0 Å². The van der Waals surface area contributed by atoms with Crippen molar-refractivity contribution in [3.05, 3.63) is 52.7 Å². The van der Waals surface area contributed by atoms with Gasteiger partial charge < -0.3 is 15.0 Å². The molecular weight excluding hydrogens is 372 g/mol. The van der Waals surface area contributed by atoms with Crippen molar-refractivity contribution in [3.63, 3.8) is 0 Å². The fraction of sp³-hybridized carbons (Fsp3) is 0.381. The van der Waals surface area contributed by atoms with Gasteiger partial charge in [0.1, 0.15) is 17.0 Å². The van der Waals surface area contributed by atoms with Gasteiger partial charge in [-0.2, -0.15) is 0 Å². The number of benzene rings is 1. The molecule has 0 aliphatic carbocycles. The van der Waals surface area contributed by atoms with Gasteiger partial charge >= 0.3 is 0 Å². The smallest absolute Gasteiger partial charge is 0.264 e. The van der Waals surface area contributed by atoms with E-state index in [2.05, 4.69) is 15.3 Å². The molecule has 1 unspecified atom stereocenters. The van der Waals surface area contributed by atoms with E-state index in [-0.39, 0.29) is 12.0 Å². The summed E-state index contributed by atoms with van der Waals surface area (Å²) in [5.41, 5.74) is 2.04.